The summed E-state index contributed by atoms with van der Waals surface area (Å²) in [6.45, 7) is 11.6. The van der Waals surface area contributed by atoms with Crippen LogP contribution in [-0.4, -0.2) is 10.2 Å². The summed E-state index contributed by atoms with van der Waals surface area (Å²) < 4.78 is 0. The molecule has 0 atom stereocenters. The van der Waals surface area contributed by atoms with E-state index in [1.807, 2.05) is 24.3 Å². The van der Waals surface area contributed by atoms with E-state index >= 15 is 0 Å². The van der Waals surface area contributed by atoms with Crippen molar-refractivity contribution in [2.45, 2.75) is 19.3 Å². The highest BCUT2D eigenvalue weighted by Crippen LogP contribution is 2.36. The molecule has 2 rings (SSSR count). The van der Waals surface area contributed by atoms with Crippen molar-refractivity contribution in [3.8, 4) is 11.5 Å². The lowest BCUT2D eigenvalue weighted by atomic mass is 9.77. The van der Waals surface area contributed by atoms with Crippen LogP contribution in [0.25, 0.3) is 12.2 Å². The number of hydrogen-bond donors (Lipinski definition) is 2. The topological polar surface area (TPSA) is 40.5 Å². The first-order valence-electron chi connectivity index (χ1n) is 6.82. The summed E-state index contributed by atoms with van der Waals surface area (Å²) in [6.07, 6.45) is 3.28. The van der Waals surface area contributed by atoms with E-state index in [2.05, 4.69) is 27.0 Å². The van der Waals surface area contributed by atoms with Crippen LogP contribution in [0.15, 0.2) is 49.6 Å². The summed E-state index contributed by atoms with van der Waals surface area (Å²) in [5.74, 6) is 0.448. The molecule has 0 aliphatic carbocycles. The normalized spacial score (nSPS) is 11.1. The molecule has 0 spiro atoms. The van der Waals surface area contributed by atoms with Gasteiger partial charge in [-0.1, -0.05) is 51.3 Å². The molecule has 0 saturated carbocycles. The van der Waals surface area contributed by atoms with Crippen LogP contribution in [0, 0.1) is 0 Å². The first-order chi connectivity index (χ1) is 9.90. The average molecular weight is 280 g/mol. The van der Waals surface area contributed by atoms with Crippen LogP contribution in [-0.2, 0) is 5.41 Å². The van der Waals surface area contributed by atoms with Gasteiger partial charge in [0.25, 0.3) is 0 Å². The number of aromatic hydroxyl groups is 2. The molecule has 108 valence electrons. The lowest BCUT2D eigenvalue weighted by molar-refractivity contribution is 0.472. The standard InChI is InChI=1S/C19H20O2/c1-5-13-11-15(7-9-17(13)20)19(3,4)16-8-10-18(21)14(6-2)12-16/h5-12,20-21H,1-2H2,3-4H3. The van der Waals surface area contributed by atoms with E-state index in [0.717, 1.165) is 11.1 Å². The Morgan fingerprint density at radius 2 is 1.19 bits per heavy atom. The fourth-order valence-electron chi connectivity index (χ4n) is 2.38. The minimum atomic E-state index is -0.267. The molecule has 0 saturated heterocycles. The molecular formula is C19H20O2. The Morgan fingerprint density at radius 1 is 0.810 bits per heavy atom. The van der Waals surface area contributed by atoms with E-state index in [0.29, 0.717) is 11.1 Å². The first-order valence-corrected chi connectivity index (χ1v) is 6.82. The highest BCUT2D eigenvalue weighted by Gasteiger charge is 2.24. The first kappa shape index (κ1) is 14.9. The zero-order chi connectivity index (χ0) is 15.6. The molecule has 0 radical (unpaired) electrons. The number of rotatable bonds is 4. The van der Waals surface area contributed by atoms with E-state index in [1.54, 1.807) is 24.3 Å². The molecule has 2 aromatic rings. The Hall–Kier alpha value is -2.48. The maximum absolute atomic E-state index is 9.77. The lowest BCUT2D eigenvalue weighted by Gasteiger charge is -2.27. The Morgan fingerprint density at radius 3 is 1.52 bits per heavy atom. The fraction of sp³-hybridized carbons (Fsp3) is 0.158. The predicted molar refractivity (Wildman–Crippen MR) is 88.5 cm³/mol. The van der Waals surface area contributed by atoms with Crippen molar-refractivity contribution >= 4 is 12.2 Å². The largest absolute Gasteiger partial charge is 0.507 e. The van der Waals surface area contributed by atoms with Crippen molar-refractivity contribution in [2.75, 3.05) is 0 Å². The lowest BCUT2D eigenvalue weighted by Crippen LogP contribution is -2.19. The van der Waals surface area contributed by atoms with E-state index in [1.165, 1.54) is 0 Å². The van der Waals surface area contributed by atoms with Gasteiger partial charge in [0, 0.05) is 16.5 Å². The summed E-state index contributed by atoms with van der Waals surface area (Å²) in [5.41, 5.74) is 3.29. The highest BCUT2D eigenvalue weighted by molar-refractivity contribution is 5.60. The summed E-state index contributed by atoms with van der Waals surface area (Å²) >= 11 is 0. The Kier molecular flexibility index (Phi) is 3.90. The van der Waals surface area contributed by atoms with Crippen molar-refractivity contribution in [1.29, 1.82) is 0 Å². The third kappa shape index (κ3) is 2.70. The second-order valence-electron chi connectivity index (χ2n) is 5.58. The SMILES string of the molecule is C=Cc1cc(C(C)(C)c2ccc(O)c(C=C)c2)ccc1O. The van der Waals surface area contributed by atoms with Gasteiger partial charge < -0.3 is 10.2 Å². The zero-order valence-electron chi connectivity index (χ0n) is 12.4. The van der Waals surface area contributed by atoms with Crippen LogP contribution < -0.4 is 0 Å². The highest BCUT2D eigenvalue weighted by atomic mass is 16.3. The molecule has 2 heteroatoms. The van der Waals surface area contributed by atoms with E-state index in [-0.39, 0.29) is 16.9 Å². The Labute approximate surface area is 125 Å². The smallest absolute Gasteiger partial charge is 0.122 e. The molecule has 2 nitrogen and oxygen atoms in total. The molecule has 0 aliphatic heterocycles. The van der Waals surface area contributed by atoms with Gasteiger partial charge in [-0.15, -0.1) is 0 Å². The van der Waals surface area contributed by atoms with Gasteiger partial charge in [-0.2, -0.15) is 0 Å². The Bertz CT molecular complexity index is 637. The van der Waals surface area contributed by atoms with Crippen LogP contribution in [0.3, 0.4) is 0 Å². The van der Waals surface area contributed by atoms with Crippen molar-refractivity contribution in [1.82, 2.24) is 0 Å². The van der Waals surface area contributed by atoms with Crippen LogP contribution in [0.5, 0.6) is 11.5 Å². The molecule has 0 unspecified atom stereocenters. The van der Waals surface area contributed by atoms with Crippen LogP contribution in [0.1, 0.15) is 36.1 Å². The zero-order valence-corrected chi connectivity index (χ0v) is 12.4. The maximum atomic E-state index is 9.77. The van der Waals surface area contributed by atoms with Gasteiger partial charge in [0.2, 0.25) is 0 Å². The number of phenolic OH excluding ortho intramolecular Hbond substituents is 2. The van der Waals surface area contributed by atoms with Crippen molar-refractivity contribution in [2.24, 2.45) is 0 Å². The molecule has 0 aliphatic rings. The molecule has 0 aromatic heterocycles. The maximum Gasteiger partial charge on any atom is 0.122 e. The van der Waals surface area contributed by atoms with Crippen LogP contribution in [0.2, 0.25) is 0 Å². The third-order valence-electron chi connectivity index (χ3n) is 3.94. The van der Waals surface area contributed by atoms with Crippen molar-refractivity contribution in [3.05, 3.63) is 71.8 Å². The van der Waals surface area contributed by atoms with Gasteiger partial charge in [0.15, 0.2) is 0 Å². The minimum Gasteiger partial charge on any atom is -0.507 e. The molecule has 21 heavy (non-hydrogen) atoms. The molecule has 2 aromatic carbocycles. The molecule has 2 N–H and O–H groups in total. The Balaban J connectivity index is 2.55. The van der Waals surface area contributed by atoms with Gasteiger partial charge in [0.05, 0.1) is 0 Å². The quantitative estimate of drug-likeness (QED) is 0.851. The van der Waals surface area contributed by atoms with E-state index in [9.17, 15) is 10.2 Å². The summed E-state index contributed by atoms with van der Waals surface area (Å²) in [5, 5.41) is 19.5. The second kappa shape index (κ2) is 5.49. The van der Waals surface area contributed by atoms with Gasteiger partial charge in [0.1, 0.15) is 11.5 Å². The van der Waals surface area contributed by atoms with Gasteiger partial charge in [-0.25, -0.2) is 0 Å². The monoisotopic (exact) mass is 280 g/mol. The van der Waals surface area contributed by atoms with Crippen LogP contribution >= 0.6 is 0 Å². The fourth-order valence-corrected chi connectivity index (χ4v) is 2.38. The second-order valence-corrected chi connectivity index (χ2v) is 5.58. The number of hydrogen-bond acceptors (Lipinski definition) is 2. The summed E-state index contributed by atoms with van der Waals surface area (Å²) in [4.78, 5) is 0. The molecular weight excluding hydrogens is 260 g/mol. The minimum absolute atomic E-state index is 0.224. The molecule has 0 amide bonds. The van der Waals surface area contributed by atoms with Gasteiger partial charge in [-0.05, 0) is 35.4 Å². The molecule has 0 fully saturated rings. The number of phenols is 2. The van der Waals surface area contributed by atoms with Crippen molar-refractivity contribution in [3.63, 3.8) is 0 Å². The average Bonchev–Trinajstić information content (AvgIpc) is 2.47. The summed E-state index contributed by atoms with van der Waals surface area (Å²) in [7, 11) is 0. The van der Waals surface area contributed by atoms with Gasteiger partial charge >= 0.3 is 0 Å². The van der Waals surface area contributed by atoms with E-state index < -0.39 is 0 Å². The number of benzene rings is 2. The van der Waals surface area contributed by atoms with Crippen LogP contribution in [0.4, 0.5) is 0 Å². The predicted octanol–water partition coefficient (Wildman–Crippen LogP) is 4.71. The summed E-state index contributed by atoms with van der Waals surface area (Å²) in [6, 6.07) is 11.0. The molecule has 0 heterocycles. The third-order valence-corrected chi connectivity index (χ3v) is 3.94. The van der Waals surface area contributed by atoms with Crippen molar-refractivity contribution < 1.29 is 10.2 Å². The molecule has 0 bridgehead atoms. The van der Waals surface area contributed by atoms with E-state index in [4.69, 9.17) is 0 Å². The van der Waals surface area contributed by atoms with Gasteiger partial charge in [-0.3, -0.25) is 0 Å².